The molecule has 30 heteroatoms. The monoisotopic (exact) mass is 1400 g/mol. The van der Waals surface area contributed by atoms with Crippen LogP contribution in [0.15, 0.2) is 219 Å². The largest absolute Gasteiger partial charge is 0.497 e. The highest BCUT2D eigenvalue weighted by Crippen LogP contribution is 2.26. The molecule has 0 bridgehead atoms. The Bertz CT molecular complexity index is 4610. The average Bonchev–Trinajstić information content (AvgIpc) is 0.810. The van der Waals surface area contributed by atoms with Crippen LogP contribution in [-0.2, 0) is 22.5 Å². The van der Waals surface area contributed by atoms with Crippen LogP contribution in [-0.4, -0.2) is 122 Å². The molecule has 1 aliphatic heterocycles. The molecular weight excluding hydrogens is 1330 g/mol. The highest BCUT2D eigenvalue weighted by atomic mass is 19.1. The van der Waals surface area contributed by atoms with Gasteiger partial charge in [0.15, 0.2) is 0 Å². The minimum atomic E-state index is -0.630. The van der Waals surface area contributed by atoms with Crippen molar-refractivity contribution in [2.45, 2.75) is 19.9 Å². The number of hydrogen-bond donors (Lipinski definition) is 13. The topological polar surface area (TPSA) is 423 Å². The molecule has 11 aromatic rings. The van der Waals surface area contributed by atoms with Crippen molar-refractivity contribution in [3.05, 3.63) is 258 Å². The van der Waals surface area contributed by atoms with E-state index in [0.717, 1.165) is 78.2 Å². The molecule has 0 spiro atoms. The number of aromatic nitrogens is 8. The molecule has 0 aliphatic carbocycles. The van der Waals surface area contributed by atoms with E-state index >= 15 is 0 Å². The minimum absolute atomic E-state index is 0.108. The Morgan fingerprint density at radius 2 is 0.837 bits per heavy atom. The highest BCUT2D eigenvalue weighted by Gasteiger charge is 2.18. The summed E-state index contributed by atoms with van der Waals surface area (Å²) in [6, 6.07) is 59.6. The van der Waals surface area contributed by atoms with E-state index in [2.05, 4.69) is 105 Å². The number of primary amides is 4. The van der Waals surface area contributed by atoms with Crippen LogP contribution in [0.25, 0.3) is 0 Å². The van der Waals surface area contributed by atoms with Gasteiger partial charge in [-0.15, -0.1) is 0 Å². The van der Waals surface area contributed by atoms with E-state index in [1.807, 2.05) is 158 Å². The molecule has 0 unspecified atom stereocenters. The first-order valence-electron chi connectivity index (χ1n) is 32.5. The number of benzene rings is 7. The van der Waals surface area contributed by atoms with Gasteiger partial charge in [0.1, 0.15) is 57.1 Å². The van der Waals surface area contributed by atoms with Gasteiger partial charge in [0, 0.05) is 105 Å². The van der Waals surface area contributed by atoms with Gasteiger partial charge in [-0.2, -0.15) is 19.9 Å². The van der Waals surface area contributed by atoms with Crippen LogP contribution >= 0.6 is 0 Å². The second-order valence-electron chi connectivity index (χ2n) is 22.4. The lowest BCUT2D eigenvalue weighted by Gasteiger charge is -2.28. The maximum atomic E-state index is 13.2. The fourth-order valence-electron chi connectivity index (χ4n) is 9.64. The molecule has 1 aliphatic rings. The van der Waals surface area contributed by atoms with Crippen LogP contribution in [0, 0.1) is 5.82 Å². The van der Waals surface area contributed by atoms with Crippen molar-refractivity contribution in [1.29, 1.82) is 0 Å². The molecule has 1 fully saturated rings. The van der Waals surface area contributed by atoms with Crippen molar-refractivity contribution in [1.82, 2.24) is 45.2 Å². The molecule has 0 atom stereocenters. The molecule has 12 rings (SSSR count). The number of nitrogens with one attached hydrogen (secondary N) is 9. The van der Waals surface area contributed by atoms with Gasteiger partial charge in [0.2, 0.25) is 29.7 Å². The van der Waals surface area contributed by atoms with Crippen LogP contribution in [0.5, 0.6) is 5.75 Å². The molecule has 0 saturated carbocycles. The average molecular weight is 1410 g/mol. The Balaban J connectivity index is 0.000000161. The van der Waals surface area contributed by atoms with Crippen molar-refractivity contribution in [3.8, 4) is 5.75 Å². The summed E-state index contributed by atoms with van der Waals surface area (Å²) in [5, 5.41) is 27.3. The summed E-state index contributed by atoms with van der Waals surface area (Å²) in [6.07, 6.45) is 6.36. The predicted molar refractivity (Wildman–Crippen MR) is 400 cm³/mol. The van der Waals surface area contributed by atoms with E-state index in [0.29, 0.717) is 73.2 Å². The summed E-state index contributed by atoms with van der Waals surface area (Å²) in [7, 11) is 1.64. The van der Waals surface area contributed by atoms with Gasteiger partial charge in [-0.3, -0.25) is 24.0 Å². The first-order valence-corrected chi connectivity index (χ1v) is 32.5. The van der Waals surface area contributed by atoms with E-state index < -0.39 is 23.6 Å². The molecule has 4 aromatic heterocycles. The van der Waals surface area contributed by atoms with Gasteiger partial charge in [-0.1, -0.05) is 97.1 Å². The summed E-state index contributed by atoms with van der Waals surface area (Å²) in [5.41, 5.74) is 29.5. The Labute approximate surface area is 598 Å². The lowest BCUT2D eigenvalue weighted by atomic mass is 10.1. The molecule has 29 nitrogen and oxygen atoms in total. The standard InChI is InChI=1S/C21H22N6O2.C20H21N5O2.C18H16FN5O.C15H18N6O2/c22-19(28)18-14-23-21(26-20(18)24-15-4-2-1-3-5-15)25-16-6-8-17(9-7-16)27-10-12-29-13-11-27;1-27-16-9-7-14(8-10-16)11-12-22-20-23-13-17(18(21)26)19(25-20)24-15-5-3-2-4-6-15;19-13-6-4-5-12(9-13)10-21-18-22-11-15(16(20)25)17(24-18)23-14-7-2-1-3-8-14;1-10(22)17-7-8-18-15-19-9-12(13(16)23)14(21-15)20-11-5-3-2-4-6-11/h1-9,14H,10-13H2,(H2,22,28)(H2,23,24,25,26);2-10,13H,11-12H2,1H3,(H2,21,26)(H2,22,23,24,25);1-9,11H,10H2,(H2,20,25)(H2,21,22,23,24);2-6,9H,7-8H2,1H3,(H2,16,23)(H,17,22)(H2,18,19,20,21). The maximum absolute atomic E-state index is 13.2. The van der Waals surface area contributed by atoms with Gasteiger partial charge in [-0.25, -0.2) is 24.3 Å². The van der Waals surface area contributed by atoms with Crippen LogP contribution in [0.3, 0.4) is 0 Å². The summed E-state index contributed by atoms with van der Waals surface area (Å²) in [6.45, 7) is 6.61. The molecule has 17 N–H and O–H groups in total. The number of carbonyl (C=O) groups is 5. The van der Waals surface area contributed by atoms with Gasteiger partial charge >= 0.3 is 0 Å². The molecule has 5 amide bonds. The van der Waals surface area contributed by atoms with Crippen molar-refractivity contribution in [2.24, 2.45) is 22.9 Å². The highest BCUT2D eigenvalue weighted by molar-refractivity contribution is 6.00. The minimum Gasteiger partial charge on any atom is -0.497 e. The van der Waals surface area contributed by atoms with E-state index in [4.69, 9.17) is 32.4 Å². The van der Waals surface area contributed by atoms with E-state index in [1.54, 1.807) is 19.2 Å². The summed E-state index contributed by atoms with van der Waals surface area (Å²) < 4.78 is 23.8. The summed E-state index contributed by atoms with van der Waals surface area (Å²) in [4.78, 5) is 93.5. The van der Waals surface area contributed by atoms with Crippen LogP contribution in [0.1, 0.15) is 59.5 Å². The Hall–Kier alpha value is -13.9. The SMILES string of the molecule is CC(=O)NCCNc1ncc(C(N)=O)c(Nc2ccccc2)n1.COc1ccc(CCNc2ncc(C(N)=O)c(Nc3ccccc3)n2)cc1.NC(=O)c1cnc(NCc2cccc(F)c2)nc1Nc1ccccc1.NC(=O)c1cnc(Nc2ccc(N3CCOCC3)cc2)nc1Nc1ccccc1. The normalized spacial score (nSPS) is 11.2. The van der Waals surface area contributed by atoms with Gasteiger partial charge in [0.25, 0.3) is 23.6 Å². The molecular formula is C74H77FN22O7. The second kappa shape index (κ2) is 38.5. The fourth-order valence-corrected chi connectivity index (χ4v) is 9.64. The third kappa shape index (κ3) is 23.7. The predicted octanol–water partition coefficient (Wildman–Crippen LogP) is 9.82. The number of halogens is 1. The first-order chi connectivity index (χ1) is 50.5. The van der Waals surface area contributed by atoms with Crippen LogP contribution in [0.4, 0.5) is 85.6 Å². The van der Waals surface area contributed by atoms with Crippen LogP contribution in [0.2, 0.25) is 0 Å². The van der Waals surface area contributed by atoms with Crippen molar-refractivity contribution >= 4 is 111 Å². The number of carbonyl (C=O) groups excluding carboxylic acids is 5. The Morgan fingerprint density at radius 1 is 0.442 bits per heavy atom. The number of ether oxygens (including phenoxy) is 2. The van der Waals surface area contributed by atoms with Crippen molar-refractivity contribution in [3.63, 3.8) is 0 Å². The molecule has 5 heterocycles. The quantitative estimate of drug-likeness (QED) is 0.0213. The van der Waals surface area contributed by atoms with E-state index in [-0.39, 0.29) is 34.0 Å². The number of nitrogens with two attached hydrogens (primary N) is 4. The smallest absolute Gasteiger partial charge is 0.254 e. The summed E-state index contributed by atoms with van der Waals surface area (Å²) >= 11 is 0. The van der Waals surface area contributed by atoms with Crippen LogP contribution < -0.4 is 80.4 Å². The van der Waals surface area contributed by atoms with Crippen molar-refractivity contribution < 1.29 is 37.8 Å². The third-order valence-electron chi connectivity index (χ3n) is 14.8. The molecule has 104 heavy (non-hydrogen) atoms. The van der Waals surface area contributed by atoms with Gasteiger partial charge in [0.05, 0.1) is 20.3 Å². The second-order valence-corrected chi connectivity index (χ2v) is 22.4. The lowest BCUT2D eigenvalue weighted by molar-refractivity contribution is -0.118. The molecule has 7 aromatic carbocycles. The molecule has 1 saturated heterocycles. The van der Waals surface area contributed by atoms with Gasteiger partial charge < -0.3 is 85.2 Å². The van der Waals surface area contributed by atoms with Crippen molar-refractivity contribution in [2.75, 3.05) is 100 Å². The maximum Gasteiger partial charge on any atom is 0.254 e. The Kier molecular flexibility index (Phi) is 27.5. The number of para-hydroxylation sites is 4. The number of nitrogens with zero attached hydrogens (tertiary/aromatic N) is 9. The lowest BCUT2D eigenvalue weighted by Crippen LogP contribution is -2.36. The molecule has 0 radical (unpaired) electrons. The first kappa shape index (κ1) is 74.3. The number of methoxy groups -OCH3 is 1. The number of rotatable bonds is 27. The zero-order chi connectivity index (χ0) is 73.4. The van der Waals surface area contributed by atoms with Gasteiger partial charge in [-0.05, 0) is 115 Å². The van der Waals surface area contributed by atoms with E-state index in [9.17, 15) is 28.4 Å². The number of amides is 5. The third-order valence-corrected chi connectivity index (χ3v) is 14.8. The summed E-state index contributed by atoms with van der Waals surface area (Å²) in [5.74, 6) is 0.753. The molecule has 532 valence electrons. The Morgan fingerprint density at radius 3 is 1.24 bits per heavy atom. The fraction of sp³-hybridized carbons (Fsp3) is 0.149. The number of anilines is 14. The number of morpholine rings is 1. The number of hydrogen-bond acceptors (Lipinski definition) is 24. The van der Waals surface area contributed by atoms with E-state index in [1.165, 1.54) is 49.4 Å². The zero-order valence-electron chi connectivity index (χ0n) is 56.7. The zero-order valence-corrected chi connectivity index (χ0v) is 56.7.